The predicted molar refractivity (Wildman–Crippen MR) is 78.3 cm³/mol. The minimum absolute atomic E-state index is 0.196. The van der Waals surface area contributed by atoms with Crippen LogP contribution in [-0.4, -0.2) is 35.2 Å². The summed E-state index contributed by atoms with van der Waals surface area (Å²) < 4.78 is 11.0. The zero-order valence-corrected chi connectivity index (χ0v) is 12.0. The van der Waals surface area contributed by atoms with Crippen molar-refractivity contribution in [2.75, 3.05) is 24.7 Å². The fourth-order valence-corrected chi connectivity index (χ4v) is 2.57. The third kappa shape index (κ3) is 3.86. The number of hydrogen-bond donors (Lipinski definition) is 2. The van der Waals surface area contributed by atoms with E-state index in [2.05, 4.69) is 9.97 Å². The van der Waals surface area contributed by atoms with Gasteiger partial charge in [0, 0.05) is 18.9 Å². The normalized spacial score (nSPS) is 11.5. The molecule has 0 bridgehead atoms. The van der Waals surface area contributed by atoms with E-state index in [9.17, 15) is 0 Å². The highest BCUT2D eigenvalue weighted by atomic mass is 32.2. The molecule has 1 aromatic heterocycles. The summed E-state index contributed by atoms with van der Waals surface area (Å²) in [6.45, 7) is 5.20. The van der Waals surface area contributed by atoms with Crippen LogP contribution < -0.4 is 5.73 Å². The molecular formula is C13H19N3O2S. The molecule has 1 aromatic carbocycles. The smallest absolute Gasteiger partial charge is 0.166 e. The predicted octanol–water partition coefficient (Wildman–Crippen LogP) is 2.64. The number of H-pyrrole nitrogens is 1. The molecule has 0 unspecified atom stereocenters. The molecule has 2 rings (SSSR count). The second-order valence-corrected chi connectivity index (χ2v) is 4.98. The lowest BCUT2D eigenvalue weighted by atomic mass is 10.3. The van der Waals surface area contributed by atoms with Crippen LogP contribution >= 0.6 is 11.8 Å². The fourth-order valence-electron chi connectivity index (χ4n) is 1.74. The van der Waals surface area contributed by atoms with Crippen molar-refractivity contribution in [2.45, 2.75) is 25.3 Å². The topological polar surface area (TPSA) is 73.2 Å². The van der Waals surface area contributed by atoms with Gasteiger partial charge in [0.15, 0.2) is 11.4 Å². The summed E-state index contributed by atoms with van der Waals surface area (Å²) in [4.78, 5) is 7.72. The van der Waals surface area contributed by atoms with Crippen molar-refractivity contribution in [3.05, 3.63) is 18.2 Å². The van der Waals surface area contributed by atoms with Gasteiger partial charge in [0.25, 0.3) is 0 Å². The molecular weight excluding hydrogens is 262 g/mol. The van der Waals surface area contributed by atoms with E-state index in [0.717, 1.165) is 21.9 Å². The Balaban J connectivity index is 2.00. The van der Waals surface area contributed by atoms with Gasteiger partial charge in [-0.05, 0) is 32.0 Å². The third-order valence-electron chi connectivity index (χ3n) is 2.55. The summed E-state index contributed by atoms with van der Waals surface area (Å²) in [5.74, 6) is 0.705. The number of aromatic nitrogens is 2. The number of ether oxygens (including phenoxy) is 2. The van der Waals surface area contributed by atoms with Crippen molar-refractivity contribution < 1.29 is 9.47 Å². The maximum Gasteiger partial charge on any atom is 0.166 e. The second kappa shape index (κ2) is 6.79. The molecule has 1 heterocycles. The van der Waals surface area contributed by atoms with E-state index in [0.29, 0.717) is 19.0 Å². The number of aromatic amines is 1. The number of imidazole rings is 1. The van der Waals surface area contributed by atoms with Crippen LogP contribution in [-0.2, 0) is 9.47 Å². The number of hydrogen-bond acceptors (Lipinski definition) is 5. The number of rotatable bonds is 7. The fraction of sp³-hybridized carbons (Fsp3) is 0.462. The third-order valence-corrected chi connectivity index (χ3v) is 3.45. The molecule has 0 fully saturated rings. The molecule has 0 atom stereocenters. The lowest BCUT2D eigenvalue weighted by Crippen LogP contribution is -2.20. The Hall–Kier alpha value is -1.24. The van der Waals surface area contributed by atoms with Gasteiger partial charge in [-0.25, -0.2) is 4.98 Å². The van der Waals surface area contributed by atoms with E-state index < -0.39 is 0 Å². The number of benzene rings is 1. The van der Waals surface area contributed by atoms with Crippen molar-refractivity contribution in [1.29, 1.82) is 0 Å². The molecule has 0 radical (unpaired) electrons. The van der Waals surface area contributed by atoms with Crippen molar-refractivity contribution in [3.8, 4) is 0 Å². The number of fused-ring (bicyclic) bond motifs is 1. The first-order chi connectivity index (χ1) is 9.22. The quantitative estimate of drug-likeness (QED) is 0.463. The van der Waals surface area contributed by atoms with Crippen molar-refractivity contribution in [1.82, 2.24) is 9.97 Å². The molecule has 0 saturated carbocycles. The van der Waals surface area contributed by atoms with Gasteiger partial charge in [-0.15, -0.1) is 0 Å². The van der Waals surface area contributed by atoms with Crippen LogP contribution in [0.2, 0.25) is 0 Å². The van der Waals surface area contributed by atoms with E-state index in [1.54, 1.807) is 11.8 Å². The van der Waals surface area contributed by atoms with Gasteiger partial charge in [-0.1, -0.05) is 11.8 Å². The number of thioether (sulfide) groups is 1. The summed E-state index contributed by atoms with van der Waals surface area (Å²) >= 11 is 1.58. The van der Waals surface area contributed by atoms with E-state index in [4.69, 9.17) is 15.2 Å². The molecule has 0 aliphatic rings. The van der Waals surface area contributed by atoms with Crippen molar-refractivity contribution in [3.63, 3.8) is 0 Å². The van der Waals surface area contributed by atoms with E-state index in [1.807, 2.05) is 32.0 Å². The number of nitrogen functional groups attached to an aromatic ring is 1. The van der Waals surface area contributed by atoms with Gasteiger partial charge in [0.05, 0.1) is 16.8 Å². The van der Waals surface area contributed by atoms with Crippen LogP contribution in [0.25, 0.3) is 11.0 Å². The van der Waals surface area contributed by atoms with Crippen LogP contribution in [0.15, 0.2) is 23.4 Å². The molecule has 0 saturated heterocycles. The second-order valence-electron chi connectivity index (χ2n) is 3.97. The molecule has 0 spiro atoms. The highest BCUT2D eigenvalue weighted by molar-refractivity contribution is 7.99. The Morgan fingerprint density at radius 3 is 2.74 bits per heavy atom. The van der Waals surface area contributed by atoms with Gasteiger partial charge in [-0.3, -0.25) is 0 Å². The summed E-state index contributed by atoms with van der Waals surface area (Å²) in [5, 5.41) is 0.852. The molecule has 3 N–H and O–H groups in total. The average molecular weight is 281 g/mol. The first-order valence-electron chi connectivity index (χ1n) is 6.34. The van der Waals surface area contributed by atoms with Crippen molar-refractivity contribution >= 4 is 28.5 Å². The first-order valence-corrected chi connectivity index (χ1v) is 7.32. The van der Waals surface area contributed by atoms with Crippen LogP contribution in [0.3, 0.4) is 0 Å². The monoisotopic (exact) mass is 281 g/mol. The van der Waals surface area contributed by atoms with E-state index in [1.165, 1.54) is 0 Å². The number of nitrogens with two attached hydrogens (primary N) is 1. The summed E-state index contributed by atoms with van der Waals surface area (Å²) in [5.41, 5.74) is 8.34. The van der Waals surface area contributed by atoms with E-state index >= 15 is 0 Å². The van der Waals surface area contributed by atoms with E-state index in [-0.39, 0.29) is 6.29 Å². The summed E-state index contributed by atoms with van der Waals surface area (Å²) in [6, 6.07) is 5.64. The van der Waals surface area contributed by atoms with Gasteiger partial charge < -0.3 is 20.2 Å². The van der Waals surface area contributed by atoms with Crippen LogP contribution in [0.1, 0.15) is 13.8 Å². The number of nitrogens with one attached hydrogen (secondary N) is 1. The maximum absolute atomic E-state index is 5.74. The lowest BCUT2D eigenvalue weighted by Gasteiger charge is -2.15. The Bertz CT molecular complexity index is 524. The van der Waals surface area contributed by atoms with Crippen molar-refractivity contribution in [2.24, 2.45) is 0 Å². The SMILES string of the molecule is CCOC(CSc1nc2ccc(N)cc2[nH]1)OCC. The summed E-state index contributed by atoms with van der Waals surface area (Å²) in [7, 11) is 0. The highest BCUT2D eigenvalue weighted by Gasteiger charge is 2.11. The molecule has 104 valence electrons. The Morgan fingerprint density at radius 2 is 2.05 bits per heavy atom. The Kier molecular flexibility index (Phi) is 5.07. The average Bonchev–Trinajstić information content (AvgIpc) is 2.78. The molecule has 19 heavy (non-hydrogen) atoms. The zero-order chi connectivity index (χ0) is 13.7. The zero-order valence-electron chi connectivity index (χ0n) is 11.2. The van der Waals surface area contributed by atoms with Gasteiger partial charge in [0.1, 0.15) is 0 Å². The van der Waals surface area contributed by atoms with Gasteiger partial charge in [0.2, 0.25) is 0 Å². The molecule has 5 nitrogen and oxygen atoms in total. The van der Waals surface area contributed by atoms with Gasteiger partial charge >= 0.3 is 0 Å². The van der Waals surface area contributed by atoms with Crippen LogP contribution in [0.4, 0.5) is 5.69 Å². The minimum atomic E-state index is -0.196. The van der Waals surface area contributed by atoms with Crippen LogP contribution in [0, 0.1) is 0 Å². The molecule has 2 aromatic rings. The van der Waals surface area contributed by atoms with Crippen LogP contribution in [0.5, 0.6) is 0 Å². The highest BCUT2D eigenvalue weighted by Crippen LogP contribution is 2.22. The summed E-state index contributed by atoms with van der Waals surface area (Å²) in [6.07, 6.45) is -0.196. The lowest BCUT2D eigenvalue weighted by molar-refractivity contribution is -0.120. The van der Waals surface area contributed by atoms with Gasteiger partial charge in [-0.2, -0.15) is 0 Å². The molecule has 0 amide bonds. The number of nitrogens with zero attached hydrogens (tertiary/aromatic N) is 1. The Morgan fingerprint density at radius 1 is 1.32 bits per heavy atom. The molecule has 0 aliphatic carbocycles. The first kappa shape index (κ1) is 14.2. The maximum atomic E-state index is 5.74. The standard InChI is InChI=1S/C13H19N3O2S/c1-3-17-12(18-4-2)8-19-13-15-10-6-5-9(14)7-11(10)16-13/h5-7,12H,3-4,8,14H2,1-2H3,(H,15,16). The number of anilines is 1. The largest absolute Gasteiger partial charge is 0.399 e. The Labute approximate surface area is 116 Å². The molecule has 0 aliphatic heterocycles. The minimum Gasteiger partial charge on any atom is -0.399 e. The molecule has 6 heteroatoms.